The first-order valence-electron chi connectivity index (χ1n) is 6.77. The molecule has 0 radical (unpaired) electrons. The highest BCUT2D eigenvalue weighted by Gasteiger charge is 2.20. The number of rotatable bonds is 4. The molecule has 3 rings (SSSR count). The number of para-hydroxylation sites is 2. The van der Waals surface area contributed by atoms with E-state index in [-0.39, 0.29) is 12.1 Å². The number of fused-ring (bicyclic) bond motifs is 1. The Kier molecular flexibility index (Phi) is 3.37. The Morgan fingerprint density at radius 2 is 1.65 bits per heavy atom. The van der Waals surface area contributed by atoms with Gasteiger partial charge in [-0.1, -0.05) is 49.4 Å². The van der Waals surface area contributed by atoms with Gasteiger partial charge in [0.05, 0.1) is 5.52 Å². The van der Waals surface area contributed by atoms with E-state index in [9.17, 15) is 0 Å². The van der Waals surface area contributed by atoms with Crippen molar-refractivity contribution in [2.24, 2.45) is 5.92 Å². The van der Waals surface area contributed by atoms with Gasteiger partial charge >= 0.3 is 0 Å². The lowest BCUT2D eigenvalue weighted by Gasteiger charge is -2.23. The fourth-order valence-corrected chi connectivity index (χ4v) is 2.18. The van der Waals surface area contributed by atoms with Crippen LogP contribution in [-0.4, -0.2) is 15.0 Å². The van der Waals surface area contributed by atoms with E-state index in [0.29, 0.717) is 0 Å². The lowest BCUT2D eigenvalue weighted by molar-refractivity contribution is 0.0733. The van der Waals surface area contributed by atoms with Crippen LogP contribution in [0.2, 0.25) is 0 Å². The molecule has 0 fully saturated rings. The van der Waals surface area contributed by atoms with E-state index >= 15 is 0 Å². The van der Waals surface area contributed by atoms with Gasteiger partial charge in [-0.15, -0.1) is 5.10 Å². The minimum absolute atomic E-state index is 0.176. The zero-order chi connectivity index (χ0) is 13.9. The molecule has 0 aliphatic rings. The average Bonchev–Trinajstić information content (AvgIpc) is 2.89. The van der Waals surface area contributed by atoms with Crippen molar-refractivity contribution in [3.63, 3.8) is 0 Å². The summed E-state index contributed by atoms with van der Waals surface area (Å²) in [5.41, 5.74) is 1.87. The lowest BCUT2D eigenvalue weighted by atomic mass is 10.2. The van der Waals surface area contributed by atoms with Crippen molar-refractivity contribution in [1.29, 1.82) is 0 Å². The summed E-state index contributed by atoms with van der Waals surface area (Å²) in [5, 5.41) is 8.45. The molecule has 0 saturated carbocycles. The minimum Gasteiger partial charge on any atom is -0.468 e. The lowest BCUT2D eigenvalue weighted by Crippen LogP contribution is -2.22. The zero-order valence-corrected chi connectivity index (χ0v) is 11.6. The molecule has 1 heterocycles. The van der Waals surface area contributed by atoms with E-state index < -0.39 is 0 Å². The van der Waals surface area contributed by atoms with Crippen molar-refractivity contribution >= 4 is 11.0 Å². The van der Waals surface area contributed by atoms with Crippen LogP contribution in [0.25, 0.3) is 11.0 Å². The van der Waals surface area contributed by atoms with Crippen molar-refractivity contribution < 1.29 is 4.74 Å². The maximum Gasteiger partial charge on any atom is 0.196 e. The van der Waals surface area contributed by atoms with Crippen molar-refractivity contribution in [3.05, 3.63) is 54.6 Å². The topological polar surface area (TPSA) is 39.9 Å². The highest BCUT2D eigenvalue weighted by molar-refractivity contribution is 5.73. The maximum absolute atomic E-state index is 6.09. The summed E-state index contributed by atoms with van der Waals surface area (Å²) in [6, 6.07) is 17.7. The predicted molar refractivity (Wildman–Crippen MR) is 78.5 cm³/mol. The van der Waals surface area contributed by atoms with Crippen molar-refractivity contribution in [2.75, 3.05) is 0 Å². The normalized spacial score (nSPS) is 12.8. The van der Waals surface area contributed by atoms with Crippen LogP contribution in [0, 0.1) is 5.92 Å². The third kappa shape index (κ3) is 2.37. The van der Waals surface area contributed by atoms with Crippen LogP contribution in [-0.2, 0) is 0 Å². The molecule has 2 aromatic carbocycles. The average molecular weight is 267 g/mol. The largest absolute Gasteiger partial charge is 0.468 e. The Morgan fingerprint density at radius 3 is 2.40 bits per heavy atom. The van der Waals surface area contributed by atoms with Crippen LogP contribution in [0.15, 0.2) is 54.6 Å². The molecule has 0 amide bonds. The molecule has 0 aliphatic carbocycles. The first-order chi connectivity index (χ1) is 9.75. The molecule has 4 nitrogen and oxygen atoms in total. The molecule has 0 N–H and O–H groups in total. The predicted octanol–water partition coefficient (Wildman–Crippen LogP) is 3.66. The number of aromatic nitrogens is 3. The van der Waals surface area contributed by atoms with Gasteiger partial charge in [-0.3, -0.25) is 0 Å². The third-order valence-corrected chi connectivity index (χ3v) is 3.19. The molecular formula is C16H17N3O. The third-order valence-electron chi connectivity index (χ3n) is 3.19. The van der Waals surface area contributed by atoms with Gasteiger partial charge in [0.1, 0.15) is 11.3 Å². The molecule has 102 valence electrons. The van der Waals surface area contributed by atoms with Crippen LogP contribution < -0.4 is 4.74 Å². The summed E-state index contributed by atoms with van der Waals surface area (Å²) in [6.07, 6.45) is -0.176. The second kappa shape index (κ2) is 5.33. The molecule has 0 saturated heterocycles. The molecule has 1 aromatic heterocycles. The van der Waals surface area contributed by atoms with Crippen LogP contribution in [0.3, 0.4) is 0 Å². The minimum atomic E-state index is -0.176. The van der Waals surface area contributed by atoms with Crippen LogP contribution >= 0.6 is 0 Å². The molecule has 0 bridgehead atoms. The monoisotopic (exact) mass is 267 g/mol. The van der Waals surface area contributed by atoms with Gasteiger partial charge in [0.15, 0.2) is 6.23 Å². The van der Waals surface area contributed by atoms with Gasteiger partial charge in [0.25, 0.3) is 0 Å². The zero-order valence-electron chi connectivity index (χ0n) is 11.6. The summed E-state index contributed by atoms with van der Waals surface area (Å²) in [5.74, 6) is 1.12. The molecule has 0 spiro atoms. The van der Waals surface area contributed by atoms with Crippen molar-refractivity contribution in [2.45, 2.75) is 20.1 Å². The molecule has 0 aliphatic heterocycles. The van der Waals surface area contributed by atoms with Crippen LogP contribution in [0.4, 0.5) is 0 Å². The number of nitrogens with zero attached hydrogens (tertiary/aromatic N) is 3. The highest BCUT2D eigenvalue weighted by atomic mass is 16.5. The maximum atomic E-state index is 6.09. The fraction of sp³-hybridized carbons (Fsp3) is 0.250. The first kappa shape index (κ1) is 12.7. The molecule has 20 heavy (non-hydrogen) atoms. The van der Waals surface area contributed by atoms with E-state index in [1.807, 2.05) is 59.3 Å². The number of benzene rings is 2. The van der Waals surface area contributed by atoms with Gasteiger partial charge in [-0.25, -0.2) is 4.68 Å². The van der Waals surface area contributed by atoms with Gasteiger partial charge in [0, 0.05) is 5.92 Å². The van der Waals surface area contributed by atoms with Gasteiger partial charge in [-0.2, -0.15) is 0 Å². The Balaban J connectivity index is 1.98. The van der Waals surface area contributed by atoms with E-state index in [2.05, 4.69) is 24.2 Å². The van der Waals surface area contributed by atoms with Gasteiger partial charge < -0.3 is 4.74 Å². The number of ether oxygens (including phenoxy) is 1. The molecular weight excluding hydrogens is 250 g/mol. The Morgan fingerprint density at radius 1 is 0.950 bits per heavy atom. The van der Waals surface area contributed by atoms with Gasteiger partial charge in [0.2, 0.25) is 0 Å². The van der Waals surface area contributed by atoms with Crippen molar-refractivity contribution in [1.82, 2.24) is 15.0 Å². The SMILES string of the molecule is CC(C)C(Oc1ccccc1)n1nnc2ccccc21. The van der Waals surface area contributed by atoms with E-state index in [0.717, 1.165) is 16.8 Å². The smallest absolute Gasteiger partial charge is 0.196 e. The summed E-state index contributed by atoms with van der Waals surface area (Å²) in [7, 11) is 0. The summed E-state index contributed by atoms with van der Waals surface area (Å²) >= 11 is 0. The Labute approximate surface area is 118 Å². The quantitative estimate of drug-likeness (QED) is 0.724. The summed E-state index contributed by atoms with van der Waals surface area (Å²) < 4.78 is 7.94. The summed E-state index contributed by atoms with van der Waals surface area (Å²) in [6.45, 7) is 4.23. The first-order valence-corrected chi connectivity index (χ1v) is 6.77. The molecule has 4 heteroatoms. The molecule has 1 atom stereocenters. The standard InChI is InChI=1S/C16H17N3O/c1-12(2)16(20-13-8-4-3-5-9-13)19-15-11-7-6-10-14(15)17-18-19/h3-12,16H,1-2H3. The second-order valence-corrected chi connectivity index (χ2v) is 5.09. The Hall–Kier alpha value is -2.36. The molecule has 3 aromatic rings. The van der Waals surface area contributed by atoms with Gasteiger partial charge in [-0.05, 0) is 24.3 Å². The second-order valence-electron chi connectivity index (χ2n) is 5.09. The highest BCUT2D eigenvalue weighted by Crippen LogP contribution is 2.25. The molecule has 1 unspecified atom stereocenters. The number of hydrogen-bond acceptors (Lipinski definition) is 3. The van der Waals surface area contributed by atoms with Crippen LogP contribution in [0.1, 0.15) is 20.1 Å². The van der Waals surface area contributed by atoms with E-state index in [1.54, 1.807) is 0 Å². The van der Waals surface area contributed by atoms with Crippen LogP contribution in [0.5, 0.6) is 5.75 Å². The van der Waals surface area contributed by atoms with E-state index in [4.69, 9.17) is 4.74 Å². The Bertz CT molecular complexity index is 691. The number of hydrogen-bond donors (Lipinski definition) is 0. The van der Waals surface area contributed by atoms with E-state index in [1.165, 1.54) is 0 Å². The summed E-state index contributed by atoms with van der Waals surface area (Å²) in [4.78, 5) is 0. The van der Waals surface area contributed by atoms with Crippen molar-refractivity contribution in [3.8, 4) is 5.75 Å². The fourth-order valence-electron chi connectivity index (χ4n) is 2.18.